The fourth-order valence-electron chi connectivity index (χ4n) is 5.08. The van der Waals surface area contributed by atoms with Crippen molar-refractivity contribution >= 4 is 5.91 Å². The number of carbonyl (C=O) groups is 1. The number of nitrogens with one attached hydrogen (secondary N) is 1. The van der Waals surface area contributed by atoms with Gasteiger partial charge in [-0.3, -0.25) is 4.79 Å². The number of halogens is 3. The van der Waals surface area contributed by atoms with Crippen LogP contribution in [0.1, 0.15) is 90.6 Å². The van der Waals surface area contributed by atoms with Crippen LogP contribution in [-0.2, 0) is 0 Å². The molecular formula is C32H40F3NO4. The number of hydrogen-bond acceptors (Lipinski definition) is 4. The molecule has 0 spiro atoms. The van der Waals surface area contributed by atoms with Crippen molar-refractivity contribution in [3.8, 4) is 5.75 Å². The van der Waals surface area contributed by atoms with Crippen molar-refractivity contribution in [3.05, 3.63) is 88.0 Å². The van der Waals surface area contributed by atoms with E-state index >= 15 is 0 Å². The summed E-state index contributed by atoms with van der Waals surface area (Å²) >= 11 is 0. The highest BCUT2D eigenvalue weighted by Crippen LogP contribution is 2.37. The number of aryl methyl sites for hydroxylation is 2. The van der Waals surface area contributed by atoms with Crippen LogP contribution < -0.4 is 10.1 Å². The fraction of sp³-hybridized carbons (Fsp3) is 0.469. The van der Waals surface area contributed by atoms with Crippen molar-refractivity contribution in [2.75, 3.05) is 6.54 Å². The van der Waals surface area contributed by atoms with Crippen molar-refractivity contribution in [2.24, 2.45) is 5.92 Å². The molecule has 5 nitrogen and oxygen atoms in total. The lowest BCUT2D eigenvalue weighted by molar-refractivity contribution is -0.136. The summed E-state index contributed by atoms with van der Waals surface area (Å²) in [6.07, 6.45) is 0.438. The summed E-state index contributed by atoms with van der Waals surface area (Å²) < 4.78 is 45.0. The zero-order valence-electron chi connectivity index (χ0n) is 23.6. The molecule has 0 heterocycles. The van der Waals surface area contributed by atoms with E-state index in [0.29, 0.717) is 22.8 Å². The number of rotatable bonds is 12. The number of carbonyl (C=O) groups excluding carboxylic acids is 1. The molecule has 0 radical (unpaired) electrons. The lowest BCUT2D eigenvalue weighted by atomic mass is 9.83. The number of aliphatic hydroxyl groups excluding tert-OH is 1. The van der Waals surface area contributed by atoms with E-state index in [1.807, 2.05) is 26.0 Å². The summed E-state index contributed by atoms with van der Waals surface area (Å²) in [6.45, 7) is 8.52. The molecule has 1 amide bonds. The number of alkyl halides is 3. The van der Waals surface area contributed by atoms with E-state index in [2.05, 4.69) is 37.4 Å². The minimum absolute atomic E-state index is 0.00326. The Morgan fingerprint density at radius 3 is 2.25 bits per heavy atom. The van der Waals surface area contributed by atoms with E-state index in [0.717, 1.165) is 17.5 Å². The predicted molar refractivity (Wildman–Crippen MR) is 150 cm³/mol. The third-order valence-corrected chi connectivity index (χ3v) is 7.17. The Balaban J connectivity index is 1.78. The van der Waals surface area contributed by atoms with Gasteiger partial charge in [0.2, 0.25) is 0 Å². The Labute approximate surface area is 234 Å². The van der Waals surface area contributed by atoms with Crippen LogP contribution in [0.3, 0.4) is 0 Å². The highest BCUT2D eigenvalue weighted by atomic mass is 19.4. The van der Waals surface area contributed by atoms with Gasteiger partial charge in [0, 0.05) is 30.9 Å². The number of hydrogen-bond donors (Lipinski definition) is 3. The molecule has 2 atom stereocenters. The van der Waals surface area contributed by atoms with E-state index in [-0.39, 0.29) is 37.6 Å². The molecule has 0 aliphatic heterocycles. The third-order valence-electron chi connectivity index (χ3n) is 7.17. The van der Waals surface area contributed by atoms with E-state index in [9.17, 15) is 18.0 Å². The van der Waals surface area contributed by atoms with E-state index < -0.39 is 25.0 Å². The molecule has 0 fully saturated rings. The standard InChI is InChI=1S/C32H40F3NO4/c1-20(2)23-7-11-25(12-8-23)30-21(3)18-27(19-22(30)4)40-28(6-5-16-32(33,34)35)24-9-13-26(14-10-24)31(39)36-17-15-29(37)38/h7-11,13-14,18-20,25,28-29,37-38H,5-6,12,15-17H2,1-4H3,(H,36,39). The molecule has 0 aromatic heterocycles. The van der Waals surface area contributed by atoms with Gasteiger partial charge in [0.05, 0.1) is 0 Å². The Bertz CT molecular complexity index is 1180. The number of allylic oxidation sites excluding steroid dienone is 4. The number of amides is 1. The summed E-state index contributed by atoms with van der Waals surface area (Å²) in [6, 6.07) is 10.5. The van der Waals surface area contributed by atoms with Crippen LogP contribution in [0.4, 0.5) is 13.2 Å². The van der Waals surface area contributed by atoms with Gasteiger partial charge >= 0.3 is 6.18 Å². The van der Waals surface area contributed by atoms with Gasteiger partial charge in [-0.2, -0.15) is 13.2 Å². The van der Waals surface area contributed by atoms with Crippen molar-refractivity contribution in [2.45, 2.75) is 84.3 Å². The van der Waals surface area contributed by atoms with Gasteiger partial charge in [0.1, 0.15) is 11.9 Å². The maximum Gasteiger partial charge on any atom is 0.389 e. The highest BCUT2D eigenvalue weighted by molar-refractivity contribution is 5.94. The molecule has 2 aromatic rings. The minimum atomic E-state index is -4.25. The van der Waals surface area contributed by atoms with Gasteiger partial charge in [-0.25, -0.2) is 0 Å². The summed E-state index contributed by atoms with van der Waals surface area (Å²) in [5.41, 5.74) is 5.74. The Morgan fingerprint density at radius 1 is 1.07 bits per heavy atom. The van der Waals surface area contributed by atoms with Gasteiger partial charge in [-0.05, 0) is 91.1 Å². The second kappa shape index (κ2) is 14.0. The summed E-state index contributed by atoms with van der Waals surface area (Å²) in [4.78, 5) is 12.3. The summed E-state index contributed by atoms with van der Waals surface area (Å²) in [7, 11) is 0. The van der Waals surface area contributed by atoms with E-state index in [1.54, 1.807) is 24.3 Å². The molecule has 0 bridgehead atoms. The fourth-order valence-corrected chi connectivity index (χ4v) is 5.08. The van der Waals surface area contributed by atoms with Crippen LogP contribution in [-0.4, -0.2) is 35.1 Å². The van der Waals surface area contributed by atoms with E-state index in [4.69, 9.17) is 14.9 Å². The lowest BCUT2D eigenvalue weighted by Gasteiger charge is -2.25. The first kappa shape index (κ1) is 31.4. The second-order valence-corrected chi connectivity index (χ2v) is 10.8. The predicted octanol–water partition coefficient (Wildman–Crippen LogP) is 7.21. The monoisotopic (exact) mass is 559 g/mol. The Hall–Kier alpha value is -3.10. The first-order valence-corrected chi connectivity index (χ1v) is 13.8. The SMILES string of the molecule is Cc1cc(OC(CCCC(F)(F)F)c2ccc(C(=O)NCCC(O)O)cc2)cc(C)c1C1C=CC(C(C)C)=CC1. The first-order valence-electron chi connectivity index (χ1n) is 13.8. The number of ether oxygens (including phenoxy) is 1. The van der Waals surface area contributed by atoms with Crippen LogP contribution in [0.25, 0.3) is 0 Å². The maximum atomic E-state index is 12.9. The first-order chi connectivity index (χ1) is 18.8. The normalized spacial score (nSPS) is 16.3. The summed E-state index contributed by atoms with van der Waals surface area (Å²) in [5.74, 6) is 0.959. The molecule has 3 N–H and O–H groups in total. The zero-order chi connectivity index (χ0) is 29.4. The van der Waals surface area contributed by atoms with Crippen molar-refractivity contribution in [3.63, 3.8) is 0 Å². The van der Waals surface area contributed by atoms with Gasteiger partial charge in [-0.15, -0.1) is 0 Å². The van der Waals surface area contributed by atoms with Crippen LogP contribution >= 0.6 is 0 Å². The largest absolute Gasteiger partial charge is 0.486 e. The van der Waals surface area contributed by atoms with E-state index in [1.165, 1.54) is 11.1 Å². The van der Waals surface area contributed by atoms with Crippen LogP contribution in [0, 0.1) is 19.8 Å². The van der Waals surface area contributed by atoms with Gasteiger partial charge < -0.3 is 20.3 Å². The highest BCUT2D eigenvalue weighted by Gasteiger charge is 2.28. The molecule has 1 aliphatic carbocycles. The molecule has 2 aromatic carbocycles. The molecule has 1 aliphatic rings. The van der Waals surface area contributed by atoms with Gasteiger partial charge in [0.25, 0.3) is 5.91 Å². The Kier molecular flexibility index (Phi) is 11.0. The van der Waals surface area contributed by atoms with Gasteiger partial charge in [-0.1, -0.05) is 44.2 Å². The molecule has 2 unspecified atom stereocenters. The molecule has 0 saturated heterocycles. The molecule has 40 heavy (non-hydrogen) atoms. The molecule has 3 rings (SSSR count). The lowest BCUT2D eigenvalue weighted by Crippen LogP contribution is -2.27. The van der Waals surface area contributed by atoms with Gasteiger partial charge in [0.15, 0.2) is 6.29 Å². The average molecular weight is 560 g/mol. The zero-order valence-corrected chi connectivity index (χ0v) is 23.6. The average Bonchev–Trinajstić information content (AvgIpc) is 2.87. The van der Waals surface area contributed by atoms with Crippen molar-refractivity contribution in [1.29, 1.82) is 0 Å². The second-order valence-electron chi connectivity index (χ2n) is 10.8. The van der Waals surface area contributed by atoms with Crippen molar-refractivity contribution in [1.82, 2.24) is 5.32 Å². The van der Waals surface area contributed by atoms with Crippen molar-refractivity contribution < 1.29 is 32.9 Å². The molecule has 8 heteroatoms. The smallest absolute Gasteiger partial charge is 0.389 e. The summed E-state index contributed by atoms with van der Waals surface area (Å²) in [5, 5.41) is 20.5. The van der Waals surface area contributed by atoms with Crippen LogP contribution in [0.2, 0.25) is 0 Å². The minimum Gasteiger partial charge on any atom is -0.486 e. The topological polar surface area (TPSA) is 78.8 Å². The molecular weight excluding hydrogens is 519 g/mol. The quantitative estimate of drug-likeness (QED) is 0.240. The number of aliphatic hydroxyl groups is 2. The molecule has 0 saturated carbocycles. The van der Waals surface area contributed by atoms with Crippen LogP contribution in [0.5, 0.6) is 5.75 Å². The number of benzene rings is 2. The third kappa shape index (κ3) is 9.24. The Morgan fingerprint density at radius 2 is 1.73 bits per heavy atom. The maximum absolute atomic E-state index is 12.9. The van der Waals surface area contributed by atoms with Crippen LogP contribution in [0.15, 0.2) is 60.2 Å². The molecule has 218 valence electrons.